The molecule has 0 aliphatic carbocycles. The van der Waals surface area contributed by atoms with Crippen LogP contribution in [0.3, 0.4) is 0 Å². The molecule has 1 heterocycles. The molecule has 4 nitrogen and oxygen atoms in total. The van der Waals surface area contributed by atoms with E-state index < -0.39 is 10.0 Å². The first-order valence-electron chi connectivity index (χ1n) is 5.33. The molecule has 0 saturated carbocycles. The Morgan fingerprint density at radius 2 is 1.72 bits per heavy atom. The number of rotatable bonds is 4. The molecule has 5 heteroatoms. The van der Waals surface area contributed by atoms with Crippen molar-refractivity contribution in [3.8, 4) is 0 Å². The number of benzene rings is 1. The molecule has 1 aromatic carbocycles. The molecule has 0 aliphatic heterocycles. The van der Waals surface area contributed by atoms with E-state index in [1.165, 1.54) is 12.3 Å². The molecule has 0 saturated heterocycles. The summed E-state index contributed by atoms with van der Waals surface area (Å²) in [5.74, 6) is 0.301. The van der Waals surface area contributed by atoms with Crippen molar-refractivity contribution in [2.75, 3.05) is 4.72 Å². The largest absolute Gasteiger partial charge is 0.264 e. The number of hydrogen-bond donors (Lipinski definition) is 1. The van der Waals surface area contributed by atoms with E-state index in [1.807, 2.05) is 30.3 Å². The second-order valence-electron chi connectivity index (χ2n) is 3.58. The summed E-state index contributed by atoms with van der Waals surface area (Å²) < 4.78 is 25.8. The summed E-state index contributed by atoms with van der Waals surface area (Å²) in [6.45, 7) is 0. The van der Waals surface area contributed by atoms with Crippen LogP contribution in [0.1, 0.15) is 5.56 Å². The maximum absolute atomic E-state index is 11.7. The van der Waals surface area contributed by atoms with Crippen molar-refractivity contribution in [3.63, 3.8) is 0 Å². The van der Waals surface area contributed by atoms with E-state index in [1.54, 1.807) is 18.2 Å². The lowest BCUT2D eigenvalue weighted by atomic mass is 10.2. The van der Waals surface area contributed by atoms with Gasteiger partial charge in [-0.25, -0.2) is 13.4 Å². The summed E-state index contributed by atoms with van der Waals surface area (Å²) in [6, 6.07) is 14.2. The van der Waals surface area contributed by atoms with Gasteiger partial charge in [0.25, 0.3) is 10.0 Å². The third kappa shape index (κ3) is 3.71. The maximum Gasteiger partial charge on any atom is 0.256 e. The van der Waals surface area contributed by atoms with Crippen molar-refractivity contribution in [3.05, 3.63) is 65.7 Å². The van der Waals surface area contributed by atoms with Crippen LogP contribution in [0.4, 0.5) is 5.82 Å². The third-order valence-electron chi connectivity index (χ3n) is 2.15. The highest BCUT2D eigenvalue weighted by molar-refractivity contribution is 7.95. The molecule has 0 atom stereocenters. The van der Waals surface area contributed by atoms with E-state index in [-0.39, 0.29) is 0 Å². The second kappa shape index (κ2) is 5.46. The lowest BCUT2D eigenvalue weighted by Gasteiger charge is -2.02. The third-order valence-corrected chi connectivity index (χ3v) is 3.14. The Hall–Kier alpha value is -2.14. The smallest absolute Gasteiger partial charge is 0.256 e. The van der Waals surface area contributed by atoms with Crippen molar-refractivity contribution < 1.29 is 8.42 Å². The quantitative estimate of drug-likeness (QED) is 0.918. The van der Waals surface area contributed by atoms with E-state index in [9.17, 15) is 8.42 Å². The number of anilines is 1. The van der Waals surface area contributed by atoms with E-state index >= 15 is 0 Å². The molecule has 0 spiro atoms. The van der Waals surface area contributed by atoms with Crippen LogP contribution in [0.5, 0.6) is 0 Å². The predicted octanol–water partition coefficient (Wildman–Crippen LogP) is 2.49. The summed E-state index contributed by atoms with van der Waals surface area (Å²) in [5, 5.41) is 1.12. The number of sulfonamides is 1. The Morgan fingerprint density at radius 3 is 2.39 bits per heavy atom. The Labute approximate surface area is 106 Å². The van der Waals surface area contributed by atoms with Gasteiger partial charge in [-0.3, -0.25) is 4.72 Å². The van der Waals surface area contributed by atoms with Gasteiger partial charge in [0.15, 0.2) is 0 Å². The summed E-state index contributed by atoms with van der Waals surface area (Å²) in [7, 11) is -3.53. The van der Waals surface area contributed by atoms with Gasteiger partial charge in [-0.15, -0.1) is 0 Å². The van der Waals surface area contributed by atoms with Gasteiger partial charge < -0.3 is 0 Å². The van der Waals surface area contributed by atoms with E-state index in [0.29, 0.717) is 5.82 Å². The first-order chi connectivity index (χ1) is 8.66. The highest BCUT2D eigenvalue weighted by atomic mass is 32.2. The molecule has 92 valence electrons. The zero-order valence-corrected chi connectivity index (χ0v) is 10.3. The molecule has 1 aromatic heterocycles. The fourth-order valence-corrected chi connectivity index (χ4v) is 2.15. The Morgan fingerprint density at radius 1 is 1.00 bits per heavy atom. The first-order valence-corrected chi connectivity index (χ1v) is 6.87. The molecule has 0 amide bonds. The highest BCUT2D eigenvalue weighted by Crippen LogP contribution is 2.07. The fourth-order valence-electron chi connectivity index (χ4n) is 1.34. The molecule has 0 radical (unpaired) electrons. The fraction of sp³-hybridized carbons (Fsp3) is 0. The molecule has 2 aromatic rings. The minimum absolute atomic E-state index is 0.301. The van der Waals surface area contributed by atoms with Crippen LogP contribution in [0, 0.1) is 0 Å². The number of pyridine rings is 1. The molecule has 2 rings (SSSR count). The molecular weight excluding hydrogens is 248 g/mol. The molecule has 0 unspecified atom stereocenters. The number of aromatic nitrogens is 1. The molecule has 1 N–H and O–H groups in total. The van der Waals surface area contributed by atoms with Gasteiger partial charge in [0, 0.05) is 6.20 Å². The van der Waals surface area contributed by atoms with Gasteiger partial charge >= 0.3 is 0 Å². The van der Waals surface area contributed by atoms with E-state index in [0.717, 1.165) is 11.0 Å². The van der Waals surface area contributed by atoms with Crippen molar-refractivity contribution in [1.82, 2.24) is 4.98 Å². The Kier molecular flexibility index (Phi) is 3.74. The minimum Gasteiger partial charge on any atom is -0.264 e. The Bertz CT molecular complexity index is 623. The number of nitrogens with one attached hydrogen (secondary N) is 1. The minimum atomic E-state index is -3.53. The zero-order valence-electron chi connectivity index (χ0n) is 9.52. The van der Waals surface area contributed by atoms with Crippen molar-refractivity contribution in [2.24, 2.45) is 0 Å². The number of nitrogens with zero attached hydrogens (tertiary/aromatic N) is 1. The molecule has 0 bridgehead atoms. The van der Waals surface area contributed by atoms with Gasteiger partial charge in [0.05, 0.1) is 5.41 Å². The van der Waals surface area contributed by atoms with Crippen LogP contribution in [-0.2, 0) is 10.0 Å². The maximum atomic E-state index is 11.7. The van der Waals surface area contributed by atoms with Crippen molar-refractivity contribution in [1.29, 1.82) is 0 Å². The normalized spacial score (nSPS) is 11.6. The first kappa shape index (κ1) is 12.3. The van der Waals surface area contributed by atoms with Crippen molar-refractivity contribution >= 4 is 21.9 Å². The molecule has 0 fully saturated rings. The van der Waals surface area contributed by atoms with E-state index in [4.69, 9.17) is 0 Å². The predicted molar refractivity (Wildman–Crippen MR) is 72.3 cm³/mol. The van der Waals surface area contributed by atoms with Crippen molar-refractivity contribution in [2.45, 2.75) is 0 Å². The van der Waals surface area contributed by atoms with Gasteiger partial charge in [0.1, 0.15) is 5.82 Å². The lowest BCUT2D eigenvalue weighted by Crippen LogP contribution is -2.09. The lowest BCUT2D eigenvalue weighted by molar-refractivity contribution is 0.609. The zero-order chi connectivity index (χ0) is 12.8. The standard InChI is InChI=1S/C13H12N2O2S/c16-18(17,15-13-8-4-5-10-14-13)11-9-12-6-2-1-3-7-12/h1-11H,(H,14,15). The number of hydrogen-bond acceptors (Lipinski definition) is 3. The summed E-state index contributed by atoms with van der Waals surface area (Å²) in [6.07, 6.45) is 3.06. The van der Waals surface area contributed by atoms with Gasteiger partial charge in [0.2, 0.25) is 0 Å². The summed E-state index contributed by atoms with van der Waals surface area (Å²) in [4.78, 5) is 3.89. The highest BCUT2D eigenvalue weighted by Gasteiger charge is 2.05. The van der Waals surface area contributed by atoms with Gasteiger partial charge in [-0.2, -0.15) is 0 Å². The van der Waals surface area contributed by atoms with Crippen LogP contribution in [-0.4, -0.2) is 13.4 Å². The average Bonchev–Trinajstić information content (AvgIpc) is 2.38. The molecule has 0 aliphatic rings. The molecule has 18 heavy (non-hydrogen) atoms. The van der Waals surface area contributed by atoms with Crippen LogP contribution < -0.4 is 4.72 Å². The van der Waals surface area contributed by atoms with Crippen LogP contribution >= 0.6 is 0 Å². The van der Waals surface area contributed by atoms with Crippen LogP contribution in [0.2, 0.25) is 0 Å². The average molecular weight is 260 g/mol. The van der Waals surface area contributed by atoms with Crippen LogP contribution in [0.25, 0.3) is 6.08 Å². The monoisotopic (exact) mass is 260 g/mol. The van der Waals surface area contributed by atoms with Crippen LogP contribution in [0.15, 0.2) is 60.1 Å². The molecular formula is C13H12N2O2S. The van der Waals surface area contributed by atoms with Gasteiger partial charge in [-0.1, -0.05) is 36.4 Å². The summed E-state index contributed by atoms with van der Waals surface area (Å²) in [5.41, 5.74) is 0.823. The second-order valence-corrected chi connectivity index (χ2v) is 5.14. The summed E-state index contributed by atoms with van der Waals surface area (Å²) >= 11 is 0. The van der Waals surface area contributed by atoms with Gasteiger partial charge in [-0.05, 0) is 23.8 Å². The van der Waals surface area contributed by atoms with E-state index in [2.05, 4.69) is 9.71 Å². The SMILES string of the molecule is O=S(=O)(C=Cc1ccccc1)Nc1ccccn1. The Balaban J connectivity index is 2.11. The topological polar surface area (TPSA) is 59.1 Å².